The van der Waals surface area contributed by atoms with Crippen LogP contribution in [0.4, 0.5) is 10.6 Å². The summed E-state index contributed by atoms with van der Waals surface area (Å²) < 4.78 is 5.36. The van der Waals surface area contributed by atoms with E-state index < -0.39 is 6.23 Å². The minimum atomic E-state index is -0.986. The first-order valence-electron chi connectivity index (χ1n) is 8.01. The summed E-state index contributed by atoms with van der Waals surface area (Å²) in [4.78, 5) is 15.5. The second-order valence-electron chi connectivity index (χ2n) is 5.88. The summed E-state index contributed by atoms with van der Waals surface area (Å²) in [6, 6.07) is 1.07. The Balaban J connectivity index is 2.26. The first-order chi connectivity index (χ1) is 11.0. The van der Waals surface area contributed by atoms with Gasteiger partial charge in [-0.2, -0.15) is 0 Å². The van der Waals surface area contributed by atoms with Crippen molar-refractivity contribution in [3.8, 4) is 0 Å². The van der Waals surface area contributed by atoms with Crippen LogP contribution in [0.2, 0.25) is 0 Å². The molecule has 1 aliphatic heterocycles. The second kappa shape index (κ2) is 7.46. The van der Waals surface area contributed by atoms with E-state index in [4.69, 9.17) is 4.52 Å². The van der Waals surface area contributed by atoms with Gasteiger partial charge in [0.05, 0.1) is 6.04 Å². The quantitative estimate of drug-likeness (QED) is 0.747. The Morgan fingerprint density at radius 3 is 2.83 bits per heavy atom. The average molecular weight is 319 g/mol. The van der Waals surface area contributed by atoms with E-state index in [0.29, 0.717) is 18.8 Å². The van der Waals surface area contributed by atoms with Gasteiger partial charge in [-0.05, 0) is 12.8 Å². The smallest absolute Gasteiger partial charge is 0.328 e. The Kier molecular flexibility index (Phi) is 5.60. The molecule has 1 N–H and O–H groups in total. The highest BCUT2D eigenvalue weighted by molar-refractivity contribution is 5.94. The fraction of sp³-hybridized carbons (Fsp3) is 0.529. The molecule has 126 valence electrons. The van der Waals surface area contributed by atoms with E-state index in [1.807, 2.05) is 0 Å². The number of nitrogens with zero attached hydrogens (tertiary/aromatic N) is 3. The molecule has 6 nitrogen and oxygen atoms in total. The maximum Gasteiger partial charge on any atom is 0.328 e. The van der Waals surface area contributed by atoms with E-state index in [9.17, 15) is 9.90 Å². The zero-order valence-electron chi connectivity index (χ0n) is 13.8. The summed E-state index contributed by atoms with van der Waals surface area (Å²) in [6.07, 6.45) is 4.86. The van der Waals surface area contributed by atoms with Crippen LogP contribution in [0.3, 0.4) is 0 Å². The van der Waals surface area contributed by atoms with Gasteiger partial charge in [-0.1, -0.05) is 37.6 Å². The van der Waals surface area contributed by atoms with E-state index in [1.54, 1.807) is 23.1 Å². The Morgan fingerprint density at radius 2 is 2.22 bits per heavy atom. The zero-order valence-corrected chi connectivity index (χ0v) is 13.8. The normalized spacial score (nSPS) is 22.5. The number of urea groups is 1. The van der Waals surface area contributed by atoms with Gasteiger partial charge in [-0.15, -0.1) is 13.2 Å². The number of rotatable bonds is 8. The number of amides is 2. The summed E-state index contributed by atoms with van der Waals surface area (Å²) >= 11 is 0. The van der Waals surface area contributed by atoms with Crippen molar-refractivity contribution in [3.63, 3.8) is 0 Å². The lowest BCUT2D eigenvalue weighted by molar-refractivity contribution is 0.124. The first-order valence-corrected chi connectivity index (χ1v) is 8.01. The van der Waals surface area contributed by atoms with Gasteiger partial charge >= 0.3 is 6.03 Å². The van der Waals surface area contributed by atoms with Crippen molar-refractivity contribution in [2.45, 2.75) is 51.3 Å². The fourth-order valence-electron chi connectivity index (χ4n) is 2.93. The van der Waals surface area contributed by atoms with Crippen molar-refractivity contribution in [2.24, 2.45) is 0 Å². The van der Waals surface area contributed by atoms with Gasteiger partial charge in [-0.3, -0.25) is 0 Å². The molecule has 1 aliphatic rings. The standard InChI is InChI=1S/C17H25N3O3/c1-5-8-12(4)14-11-15(18-23-14)20-16(21)13(9-6-2)19(10-7-3)17(20)22/h6-7,11-13,16,21H,2-3,5,8-10H2,1,4H3. The highest BCUT2D eigenvalue weighted by Crippen LogP contribution is 2.31. The number of hydrogen-bond donors (Lipinski definition) is 1. The molecule has 1 aromatic rings. The second-order valence-corrected chi connectivity index (χ2v) is 5.88. The number of aliphatic hydroxyl groups excluding tert-OH is 1. The van der Waals surface area contributed by atoms with Crippen molar-refractivity contribution in [2.75, 3.05) is 11.4 Å². The number of hydrogen-bond acceptors (Lipinski definition) is 4. The van der Waals surface area contributed by atoms with Crippen LogP contribution in [-0.4, -0.2) is 40.0 Å². The Hall–Kier alpha value is -2.08. The van der Waals surface area contributed by atoms with Crippen molar-refractivity contribution in [3.05, 3.63) is 37.1 Å². The molecule has 3 atom stereocenters. The molecule has 0 spiro atoms. The molecular weight excluding hydrogens is 294 g/mol. The summed E-state index contributed by atoms with van der Waals surface area (Å²) in [5, 5.41) is 14.5. The number of carbonyl (C=O) groups excluding carboxylic acids is 1. The third-order valence-corrected chi connectivity index (χ3v) is 4.16. The lowest BCUT2D eigenvalue weighted by atomic mass is 10.0. The van der Waals surface area contributed by atoms with Crippen molar-refractivity contribution < 1.29 is 14.4 Å². The van der Waals surface area contributed by atoms with Gasteiger partial charge in [0.15, 0.2) is 12.0 Å². The maximum atomic E-state index is 12.6. The lowest BCUT2D eigenvalue weighted by Crippen LogP contribution is -2.37. The maximum absolute atomic E-state index is 12.6. The summed E-state index contributed by atoms with van der Waals surface area (Å²) in [7, 11) is 0. The zero-order chi connectivity index (χ0) is 17.0. The average Bonchev–Trinajstić information content (AvgIpc) is 3.07. The molecular formula is C17H25N3O3. The Labute approximate surface area is 137 Å². The topological polar surface area (TPSA) is 69.8 Å². The summed E-state index contributed by atoms with van der Waals surface area (Å²) in [5.74, 6) is 1.30. The van der Waals surface area contributed by atoms with Crippen LogP contribution < -0.4 is 4.90 Å². The van der Waals surface area contributed by atoms with Gasteiger partial charge in [0, 0.05) is 18.5 Å². The molecule has 0 aromatic carbocycles. The molecule has 23 heavy (non-hydrogen) atoms. The summed E-state index contributed by atoms with van der Waals surface area (Å²) in [6.45, 7) is 11.9. The molecule has 0 radical (unpaired) electrons. The molecule has 2 rings (SSSR count). The molecule has 1 saturated heterocycles. The van der Waals surface area contributed by atoms with E-state index in [0.717, 1.165) is 18.6 Å². The number of anilines is 1. The predicted molar refractivity (Wildman–Crippen MR) is 89.2 cm³/mol. The SMILES string of the molecule is C=CCC1C(O)N(c2cc(C(C)CCC)on2)C(=O)N1CC=C. The van der Waals surface area contributed by atoms with E-state index in [2.05, 4.69) is 32.2 Å². The van der Waals surface area contributed by atoms with Crippen LogP contribution in [-0.2, 0) is 0 Å². The third-order valence-electron chi connectivity index (χ3n) is 4.16. The van der Waals surface area contributed by atoms with Crippen molar-refractivity contribution in [1.82, 2.24) is 10.1 Å². The molecule has 1 fully saturated rings. The van der Waals surface area contributed by atoms with E-state index in [-0.39, 0.29) is 18.0 Å². The molecule has 2 heterocycles. The minimum Gasteiger partial charge on any atom is -0.371 e. The van der Waals surface area contributed by atoms with Crippen LogP contribution in [0, 0.1) is 0 Å². The Bertz CT molecular complexity index is 569. The number of carbonyl (C=O) groups is 1. The van der Waals surface area contributed by atoms with Crippen LogP contribution in [0.15, 0.2) is 35.9 Å². The molecule has 0 saturated carbocycles. The minimum absolute atomic E-state index is 0.226. The van der Waals surface area contributed by atoms with E-state index >= 15 is 0 Å². The monoisotopic (exact) mass is 319 g/mol. The lowest BCUT2D eigenvalue weighted by Gasteiger charge is -2.21. The molecule has 0 aliphatic carbocycles. The van der Waals surface area contributed by atoms with Gasteiger partial charge < -0.3 is 14.5 Å². The van der Waals surface area contributed by atoms with Gasteiger partial charge in [0.2, 0.25) is 0 Å². The molecule has 0 bridgehead atoms. The van der Waals surface area contributed by atoms with Gasteiger partial charge in [0.1, 0.15) is 5.76 Å². The van der Waals surface area contributed by atoms with Gasteiger partial charge in [0.25, 0.3) is 0 Å². The summed E-state index contributed by atoms with van der Waals surface area (Å²) in [5.41, 5.74) is 0. The number of aromatic nitrogens is 1. The highest BCUT2D eigenvalue weighted by Gasteiger charge is 2.45. The third kappa shape index (κ3) is 3.32. The van der Waals surface area contributed by atoms with Gasteiger partial charge in [-0.25, -0.2) is 9.69 Å². The van der Waals surface area contributed by atoms with Crippen LogP contribution in [0.25, 0.3) is 0 Å². The van der Waals surface area contributed by atoms with Crippen molar-refractivity contribution >= 4 is 11.8 Å². The fourth-order valence-corrected chi connectivity index (χ4v) is 2.93. The number of aliphatic hydroxyl groups is 1. The largest absolute Gasteiger partial charge is 0.371 e. The first kappa shape index (κ1) is 17.3. The predicted octanol–water partition coefficient (Wildman–Crippen LogP) is 3.27. The molecule has 3 unspecified atom stereocenters. The highest BCUT2D eigenvalue weighted by atomic mass is 16.5. The molecule has 2 amide bonds. The van der Waals surface area contributed by atoms with Crippen LogP contribution in [0.5, 0.6) is 0 Å². The van der Waals surface area contributed by atoms with Crippen molar-refractivity contribution in [1.29, 1.82) is 0 Å². The molecule has 6 heteroatoms. The van der Waals surface area contributed by atoms with Crippen LogP contribution in [0.1, 0.15) is 44.8 Å². The van der Waals surface area contributed by atoms with E-state index in [1.165, 1.54) is 4.90 Å². The molecule has 1 aromatic heterocycles. The Morgan fingerprint density at radius 1 is 1.48 bits per heavy atom. The van der Waals surface area contributed by atoms with Crippen LogP contribution >= 0.6 is 0 Å².